The van der Waals surface area contributed by atoms with Crippen LogP contribution in [0.4, 0.5) is 5.69 Å². The number of halogens is 1. The van der Waals surface area contributed by atoms with Crippen LogP contribution >= 0.6 is 27.3 Å². The molecular weight excluding hydrogens is 346 g/mol. The van der Waals surface area contributed by atoms with E-state index in [1.807, 2.05) is 25.3 Å². The Morgan fingerprint density at radius 3 is 2.57 bits per heavy atom. The lowest BCUT2D eigenvalue weighted by Crippen LogP contribution is -2.01. The molecule has 0 atom stereocenters. The van der Waals surface area contributed by atoms with Gasteiger partial charge in [-0.3, -0.25) is 4.98 Å². The van der Waals surface area contributed by atoms with Crippen LogP contribution in [0.1, 0.15) is 10.7 Å². The van der Waals surface area contributed by atoms with Gasteiger partial charge in [-0.2, -0.15) is 0 Å². The van der Waals surface area contributed by atoms with Crippen molar-refractivity contribution < 1.29 is 0 Å². The molecule has 0 aliphatic rings. The van der Waals surface area contributed by atoms with E-state index in [0.29, 0.717) is 6.54 Å². The van der Waals surface area contributed by atoms with Gasteiger partial charge in [-0.15, -0.1) is 11.3 Å². The molecule has 0 amide bonds. The number of nitrogens with one attached hydrogen (secondary N) is 1. The second-order valence-corrected chi connectivity index (χ2v) is 6.63. The Kier molecular flexibility index (Phi) is 4.31. The number of rotatable bonds is 4. The molecule has 0 bridgehead atoms. The van der Waals surface area contributed by atoms with Crippen molar-refractivity contribution in [1.82, 2.24) is 9.97 Å². The topological polar surface area (TPSA) is 37.8 Å². The highest BCUT2D eigenvalue weighted by molar-refractivity contribution is 9.10. The molecule has 3 rings (SSSR count). The first kappa shape index (κ1) is 14.2. The minimum Gasteiger partial charge on any atom is -0.379 e. The first-order valence-electron chi connectivity index (χ1n) is 6.57. The molecule has 2 heterocycles. The highest BCUT2D eigenvalue weighted by Crippen LogP contribution is 2.23. The number of thiazole rings is 1. The Balaban J connectivity index is 1.65. The third-order valence-electron chi connectivity index (χ3n) is 3.06. The normalized spacial score (nSPS) is 10.6. The van der Waals surface area contributed by atoms with Crippen LogP contribution in [0.2, 0.25) is 0 Å². The van der Waals surface area contributed by atoms with Crippen LogP contribution in [-0.4, -0.2) is 9.97 Å². The zero-order valence-corrected chi connectivity index (χ0v) is 13.9. The Bertz CT molecular complexity index is 720. The second-order valence-electron chi connectivity index (χ2n) is 4.65. The fraction of sp³-hybridized carbons (Fsp3) is 0.125. The molecule has 2 aromatic heterocycles. The Labute approximate surface area is 136 Å². The zero-order chi connectivity index (χ0) is 14.7. The lowest BCUT2D eigenvalue weighted by Gasteiger charge is -2.06. The summed E-state index contributed by atoms with van der Waals surface area (Å²) in [5, 5.41) is 6.55. The van der Waals surface area contributed by atoms with E-state index in [0.717, 1.165) is 32.1 Å². The van der Waals surface area contributed by atoms with Gasteiger partial charge in [-0.05, 0) is 47.1 Å². The lowest BCUT2D eigenvalue weighted by molar-refractivity contribution is 1.04. The molecule has 0 saturated heterocycles. The van der Waals surface area contributed by atoms with Crippen LogP contribution in [0.25, 0.3) is 11.3 Å². The van der Waals surface area contributed by atoms with E-state index in [-0.39, 0.29) is 0 Å². The van der Waals surface area contributed by atoms with Gasteiger partial charge in [-0.25, -0.2) is 4.98 Å². The molecule has 0 radical (unpaired) electrons. The van der Waals surface area contributed by atoms with E-state index in [4.69, 9.17) is 0 Å². The molecule has 1 N–H and O–H groups in total. The van der Waals surface area contributed by atoms with Gasteiger partial charge < -0.3 is 5.32 Å². The van der Waals surface area contributed by atoms with Crippen molar-refractivity contribution in [3.8, 4) is 11.3 Å². The molecule has 106 valence electrons. The number of hydrogen-bond donors (Lipinski definition) is 1. The van der Waals surface area contributed by atoms with Crippen LogP contribution < -0.4 is 5.32 Å². The highest BCUT2D eigenvalue weighted by atomic mass is 79.9. The van der Waals surface area contributed by atoms with Crippen LogP contribution in [0, 0.1) is 6.92 Å². The summed E-state index contributed by atoms with van der Waals surface area (Å²) < 4.78 is 0.995. The predicted octanol–water partition coefficient (Wildman–Crippen LogP) is 4.89. The number of pyridine rings is 1. The fourth-order valence-electron chi connectivity index (χ4n) is 1.96. The summed E-state index contributed by atoms with van der Waals surface area (Å²) >= 11 is 5.06. The summed E-state index contributed by atoms with van der Waals surface area (Å²) in [7, 11) is 0. The van der Waals surface area contributed by atoms with Crippen molar-refractivity contribution in [3.63, 3.8) is 0 Å². The maximum Gasteiger partial charge on any atom is 0.0901 e. The predicted molar refractivity (Wildman–Crippen MR) is 91.6 cm³/mol. The average molecular weight is 360 g/mol. The van der Waals surface area contributed by atoms with E-state index in [9.17, 15) is 0 Å². The highest BCUT2D eigenvalue weighted by Gasteiger charge is 2.02. The average Bonchev–Trinajstić information content (AvgIpc) is 2.94. The van der Waals surface area contributed by atoms with E-state index >= 15 is 0 Å². The molecular formula is C16H14BrN3S. The summed E-state index contributed by atoms with van der Waals surface area (Å²) in [6.45, 7) is 2.73. The number of nitrogens with zero attached hydrogens (tertiary/aromatic N) is 2. The van der Waals surface area contributed by atoms with Gasteiger partial charge in [0.05, 0.1) is 22.9 Å². The first-order valence-corrected chi connectivity index (χ1v) is 8.25. The van der Waals surface area contributed by atoms with E-state index in [1.165, 1.54) is 0 Å². The van der Waals surface area contributed by atoms with Crippen molar-refractivity contribution in [2.75, 3.05) is 5.32 Å². The molecule has 0 fully saturated rings. The van der Waals surface area contributed by atoms with Crippen molar-refractivity contribution in [2.45, 2.75) is 13.5 Å². The molecule has 0 unspecified atom stereocenters. The maximum atomic E-state index is 4.50. The number of aromatic nitrogens is 2. The monoisotopic (exact) mass is 359 g/mol. The number of benzene rings is 1. The Morgan fingerprint density at radius 1 is 1.14 bits per heavy atom. The molecule has 0 aliphatic carbocycles. The molecule has 3 nitrogen and oxygen atoms in total. The van der Waals surface area contributed by atoms with Crippen LogP contribution in [0.3, 0.4) is 0 Å². The van der Waals surface area contributed by atoms with Gasteiger partial charge >= 0.3 is 0 Å². The minimum atomic E-state index is 0.711. The van der Waals surface area contributed by atoms with Gasteiger partial charge in [0.2, 0.25) is 0 Å². The Morgan fingerprint density at radius 2 is 1.95 bits per heavy atom. The summed E-state index contributed by atoms with van der Waals surface area (Å²) in [6, 6.07) is 12.3. The molecule has 0 aliphatic heterocycles. The third kappa shape index (κ3) is 3.68. The van der Waals surface area contributed by atoms with E-state index in [1.54, 1.807) is 11.3 Å². The largest absolute Gasteiger partial charge is 0.379 e. The standard InChI is InChI=1S/C16H14BrN3S/c1-11-20-16(10-21-11)12-2-5-14(6-3-12)19-9-15-7-4-13(17)8-18-15/h2-8,10,19H,9H2,1H3. The number of anilines is 1. The maximum absolute atomic E-state index is 4.50. The quantitative estimate of drug-likeness (QED) is 0.720. The molecule has 21 heavy (non-hydrogen) atoms. The summed E-state index contributed by atoms with van der Waals surface area (Å²) in [5.41, 5.74) is 4.28. The molecule has 1 aromatic carbocycles. The molecule has 5 heteroatoms. The lowest BCUT2D eigenvalue weighted by atomic mass is 10.1. The molecule has 3 aromatic rings. The van der Waals surface area contributed by atoms with Gasteiger partial charge in [0.25, 0.3) is 0 Å². The van der Waals surface area contributed by atoms with Gasteiger partial charge in [-0.1, -0.05) is 12.1 Å². The van der Waals surface area contributed by atoms with Crippen molar-refractivity contribution in [3.05, 3.63) is 63.1 Å². The summed E-state index contributed by atoms with van der Waals surface area (Å²) in [4.78, 5) is 8.84. The SMILES string of the molecule is Cc1nc(-c2ccc(NCc3ccc(Br)cn3)cc2)cs1. The van der Waals surface area contributed by atoms with Crippen molar-refractivity contribution >= 4 is 33.0 Å². The van der Waals surface area contributed by atoms with Crippen LogP contribution in [0.5, 0.6) is 0 Å². The van der Waals surface area contributed by atoms with Crippen molar-refractivity contribution in [2.24, 2.45) is 0 Å². The summed E-state index contributed by atoms with van der Waals surface area (Å²) in [6.07, 6.45) is 1.81. The van der Waals surface area contributed by atoms with Gasteiger partial charge in [0.15, 0.2) is 0 Å². The smallest absolute Gasteiger partial charge is 0.0901 e. The first-order chi connectivity index (χ1) is 10.2. The third-order valence-corrected chi connectivity index (χ3v) is 4.30. The van der Waals surface area contributed by atoms with E-state index < -0.39 is 0 Å². The zero-order valence-electron chi connectivity index (χ0n) is 11.5. The molecule has 0 saturated carbocycles. The van der Waals surface area contributed by atoms with Crippen LogP contribution in [0.15, 0.2) is 52.4 Å². The van der Waals surface area contributed by atoms with Crippen molar-refractivity contribution in [1.29, 1.82) is 0 Å². The second kappa shape index (κ2) is 6.37. The molecule has 0 spiro atoms. The van der Waals surface area contributed by atoms with E-state index in [2.05, 4.69) is 60.9 Å². The fourth-order valence-corrected chi connectivity index (χ4v) is 2.82. The summed E-state index contributed by atoms with van der Waals surface area (Å²) in [5.74, 6) is 0. The Hall–Kier alpha value is -1.72. The minimum absolute atomic E-state index is 0.711. The number of hydrogen-bond acceptors (Lipinski definition) is 4. The van der Waals surface area contributed by atoms with Gasteiger partial charge in [0.1, 0.15) is 0 Å². The van der Waals surface area contributed by atoms with Crippen LogP contribution in [-0.2, 0) is 6.54 Å². The number of aryl methyl sites for hydroxylation is 1. The van der Waals surface area contributed by atoms with Gasteiger partial charge in [0, 0.05) is 27.3 Å².